The maximum absolute atomic E-state index is 12.5. The van der Waals surface area contributed by atoms with E-state index >= 15 is 0 Å². The molecule has 1 heterocycles. The van der Waals surface area contributed by atoms with E-state index < -0.39 is 11.9 Å². The summed E-state index contributed by atoms with van der Waals surface area (Å²) >= 11 is 0. The number of hydrogen-bond acceptors (Lipinski definition) is 5. The third kappa shape index (κ3) is 3.65. The Kier molecular flexibility index (Phi) is 4.54. The Morgan fingerprint density at radius 3 is 2.74 bits per heavy atom. The van der Waals surface area contributed by atoms with Crippen LogP contribution in [0.3, 0.4) is 0 Å². The second-order valence-electron chi connectivity index (χ2n) is 6.54. The smallest absolute Gasteiger partial charge is 0.343 e. The highest BCUT2D eigenvalue weighted by Crippen LogP contribution is 2.34. The van der Waals surface area contributed by atoms with Gasteiger partial charge in [0.15, 0.2) is 6.61 Å². The molecule has 0 atom stereocenters. The SMILES string of the molecule is NC(=O)COc1cccc(C(=O)Oc2ccc3oc4c(c3c2)CCCC4)c1. The van der Waals surface area contributed by atoms with Crippen molar-refractivity contribution in [3.8, 4) is 11.5 Å². The van der Waals surface area contributed by atoms with Crippen molar-refractivity contribution >= 4 is 22.8 Å². The number of nitrogens with two attached hydrogens (primary N) is 1. The first-order valence-corrected chi connectivity index (χ1v) is 8.88. The minimum Gasteiger partial charge on any atom is -0.484 e. The zero-order valence-corrected chi connectivity index (χ0v) is 14.7. The van der Waals surface area contributed by atoms with Crippen LogP contribution in [0, 0.1) is 0 Å². The summed E-state index contributed by atoms with van der Waals surface area (Å²) < 4.78 is 16.6. The van der Waals surface area contributed by atoms with E-state index in [0.29, 0.717) is 17.1 Å². The quantitative estimate of drug-likeness (QED) is 0.553. The third-order valence-corrected chi connectivity index (χ3v) is 4.59. The van der Waals surface area contributed by atoms with Crippen LogP contribution in [0.25, 0.3) is 11.0 Å². The van der Waals surface area contributed by atoms with Crippen molar-refractivity contribution in [2.24, 2.45) is 5.73 Å². The van der Waals surface area contributed by atoms with E-state index in [1.807, 2.05) is 12.1 Å². The number of ether oxygens (including phenoxy) is 2. The fourth-order valence-electron chi connectivity index (χ4n) is 3.34. The van der Waals surface area contributed by atoms with E-state index in [0.717, 1.165) is 42.4 Å². The second kappa shape index (κ2) is 7.15. The molecule has 0 aliphatic heterocycles. The van der Waals surface area contributed by atoms with Gasteiger partial charge >= 0.3 is 5.97 Å². The van der Waals surface area contributed by atoms with Crippen molar-refractivity contribution in [1.82, 2.24) is 0 Å². The number of hydrogen-bond donors (Lipinski definition) is 1. The van der Waals surface area contributed by atoms with E-state index in [9.17, 15) is 9.59 Å². The summed E-state index contributed by atoms with van der Waals surface area (Å²) in [5.74, 6) is 0.794. The summed E-state index contributed by atoms with van der Waals surface area (Å²) in [5.41, 5.74) is 7.43. The van der Waals surface area contributed by atoms with Crippen LogP contribution in [0.15, 0.2) is 46.9 Å². The van der Waals surface area contributed by atoms with Gasteiger partial charge in [-0.15, -0.1) is 0 Å². The van der Waals surface area contributed by atoms with Gasteiger partial charge in [0.1, 0.15) is 22.8 Å². The summed E-state index contributed by atoms with van der Waals surface area (Å²) in [6, 6.07) is 11.9. The van der Waals surface area contributed by atoms with Gasteiger partial charge in [0.05, 0.1) is 5.56 Å². The summed E-state index contributed by atoms with van der Waals surface area (Å²) in [6.07, 6.45) is 4.22. The van der Waals surface area contributed by atoms with E-state index in [1.165, 1.54) is 11.6 Å². The molecule has 27 heavy (non-hydrogen) atoms. The summed E-state index contributed by atoms with van der Waals surface area (Å²) in [5, 5.41) is 1.01. The number of aryl methyl sites for hydroxylation is 2. The molecule has 6 nitrogen and oxygen atoms in total. The van der Waals surface area contributed by atoms with Crippen molar-refractivity contribution in [2.75, 3.05) is 6.61 Å². The maximum atomic E-state index is 12.5. The minimum atomic E-state index is -0.584. The highest BCUT2D eigenvalue weighted by molar-refractivity contribution is 5.92. The topological polar surface area (TPSA) is 91.8 Å². The number of amides is 1. The van der Waals surface area contributed by atoms with Gasteiger partial charge in [-0.2, -0.15) is 0 Å². The average Bonchev–Trinajstić information content (AvgIpc) is 3.04. The lowest BCUT2D eigenvalue weighted by Crippen LogP contribution is -2.20. The predicted octanol–water partition coefficient (Wildman–Crippen LogP) is 3.39. The molecule has 0 fully saturated rings. The third-order valence-electron chi connectivity index (χ3n) is 4.59. The fraction of sp³-hybridized carbons (Fsp3) is 0.238. The van der Waals surface area contributed by atoms with Gasteiger partial charge in [0.2, 0.25) is 0 Å². The van der Waals surface area contributed by atoms with E-state index in [4.69, 9.17) is 19.6 Å². The molecule has 1 aliphatic carbocycles. The molecule has 0 unspecified atom stereocenters. The summed E-state index contributed by atoms with van der Waals surface area (Å²) in [7, 11) is 0. The molecule has 138 valence electrons. The van der Waals surface area contributed by atoms with Gasteiger partial charge in [-0.1, -0.05) is 6.07 Å². The van der Waals surface area contributed by atoms with Crippen molar-refractivity contribution in [1.29, 1.82) is 0 Å². The number of fused-ring (bicyclic) bond motifs is 3. The van der Waals surface area contributed by atoms with Crippen molar-refractivity contribution in [2.45, 2.75) is 25.7 Å². The molecular weight excluding hydrogens is 346 g/mol. The first kappa shape index (κ1) is 17.1. The van der Waals surface area contributed by atoms with Crippen LogP contribution in [0.2, 0.25) is 0 Å². The van der Waals surface area contributed by atoms with Crippen molar-refractivity contribution in [3.63, 3.8) is 0 Å². The molecule has 2 N–H and O–H groups in total. The molecule has 2 aromatic carbocycles. The predicted molar refractivity (Wildman–Crippen MR) is 98.9 cm³/mol. The first-order chi connectivity index (χ1) is 13.1. The normalized spacial score (nSPS) is 13.2. The molecule has 0 bridgehead atoms. The molecule has 0 radical (unpaired) electrons. The van der Waals surface area contributed by atoms with Crippen molar-refractivity contribution < 1.29 is 23.5 Å². The molecule has 1 aromatic heterocycles. The molecule has 0 saturated heterocycles. The lowest BCUT2D eigenvalue weighted by molar-refractivity contribution is -0.119. The minimum absolute atomic E-state index is 0.249. The zero-order chi connectivity index (χ0) is 18.8. The Labute approximate surface area is 155 Å². The van der Waals surface area contributed by atoms with Crippen LogP contribution >= 0.6 is 0 Å². The monoisotopic (exact) mass is 365 g/mol. The molecule has 4 rings (SSSR count). The lowest BCUT2D eigenvalue weighted by Gasteiger charge is -2.09. The second-order valence-corrected chi connectivity index (χ2v) is 6.54. The largest absolute Gasteiger partial charge is 0.484 e. The highest BCUT2D eigenvalue weighted by atomic mass is 16.5. The molecular formula is C21H19NO5. The van der Waals surface area contributed by atoms with Gasteiger partial charge < -0.3 is 19.6 Å². The van der Waals surface area contributed by atoms with Gasteiger partial charge in [0, 0.05) is 17.4 Å². The molecule has 3 aromatic rings. The Hall–Kier alpha value is -3.28. The van der Waals surface area contributed by atoms with Gasteiger partial charge in [-0.25, -0.2) is 4.79 Å². The van der Waals surface area contributed by atoms with Crippen LogP contribution < -0.4 is 15.2 Å². The maximum Gasteiger partial charge on any atom is 0.343 e. The average molecular weight is 365 g/mol. The molecule has 0 saturated carbocycles. The molecule has 1 aliphatic rings. The first-order valence-electron chi connectivity index (χ1n) is 8.88. The van der Waals surface area contributed by atoms with Crippen LogP contribution in [0.1, 0.15) is 34.5 Å². The van der Waals surface area contributed by atoms with E-state index in [2.05, 4.69) is 0 Å². The van der Waals surface area contributed by atoms with Crippen LogP contribution in [-0.2, 0) is 17.6 Å². The molecule has 6 heteroatoms. The number of primary amides is 1. The number of esters is 1. The number of rotatable bonds is 5. The van der Waals surface area contributed by atoms with Gasteiger partial charge in [0.25, 0.3) is 5.91 Å². The van der Waals surface area contributed by atoms with Crippen molar-refractivity contribution in [3.05, 3.63) is 59.4 Å². The molecule has 0 spiro atoms. The van der Waals surface area contributed by atoms with Gasteiger partial charge in [-0.05, 0) is 55.7 Å². The zero-order valence-electron chi connectivity index (χ0n) is 14.7. The Bertz CT molecular complexity index is 1020. The van der Waals surface area contributed by atoms with Gasteiger partial charge in [-0.3, -0.25) is 4.79 Å². The van der Waals surface area contributed by atoms with E-state index in [-0.39, 0.29) is 6.61 Å². The number of furan rings is 1. The summed E-state index contributed by atoms with van der Waals surface area (Å²) in [4.78, 5) is 23.3. The fourth-order valence-corrected chi connectivity index (χ4v) is 3.34. The van der Waals surface area contributed by atoms with E-state index in [1.54, 1.807) is 24.3 Å². The van der Waals surface area contributed by atoms with Crippen LogP contribution in [0.4, 0.5) is 0 Å². The Morgan fingerprint density at radius 1 is 1.04 bits per heavy atom. The summed E-state index contributed by atoms with van der Waals surface area (Å²) in [6.45, 7) is -0.249. The Balaban J connectivity index is 1.54. The highest BCUT2D eigenvalue weighted by Gasteiger charge is 2.19. The van der Waals surface area contributed by atoms with Crippen LogP contribution in [0.5, 0.6) is 11.5 Å². The Morgan fingerprint density at radius 2 is 1.89 bits per heavy atom. The molecule has 1 amide bonds. The van der Waals surface area contributed by atoms with Crippen LogP contribution in [-0.4, -0.2) is 18.5 Å². The number of benzene rings is 2. The number of carbonyl (C=O) groups is 2. The number of carbonyl (C=O) groups excluding carboxylic acids is 2. The standard InChI is InChI=1S/C21H19NO5/c22-20(23)12-25-14-5-3-4-13(10-14)21(24)26-15-8-9-19-17(11-15)16-6-1-2-7-18(16)27-19/h3-5,8-11H,1-2,6-7,12H2,(H2,22,23). The lowest BCUT2D eigenvalue weighted by atomic mass is 9.96.